The minimum Gasteiger partial charge on any atom is -0.505 e. The fraction of sp³-hybridized carbons (Fsp3) is 0.250. The van der Waals surface area contributed by atoms with Crippen LogP contribution in [-0.4, -0.2) is 5.11 Å². The highest BCUT2D eigenvalue weighted by molar-refractivity contribution is 5.57. The summed E-state index contributed by atoms with van der Waals surface area (Å²) in [7, 11) is 0. The third-order valence-corrected chi connectivity index (χ3v) is 3.27. The van der Waals surface area contributed by atoms with E-state index >= 15 is 0 Å². The molecule has 0 amide bonds. The molecule has 0 unspecified atom stereocenters. The predicted octanol–water partition coefficient (Wildman–Crippen LogP) is 5.80. The zero-order valence-electron chi connectivity index (χ0n) is 13.0. The van der Waals surface area contributed by atoms with Crippen LogP contribution < -0.4 is 0 Å². The molecule has 0 aliphatic rings. The summed E-state index contributed by atoms with van der Waals surface area (Å²) in [4.78, 5) is 0. The summed E-state index contributed by atoms with van der Waals surface area (Å²) in [5.41, 5.74) is -1.56. The van der Waals surface area contributed by atoms with Gasteiger partial charge in [0.1, 0.15) is 11.4 Å². The van der Waals surface area contributed by atoms with Crippen LogP contribution >= 0.6 is 0 Å². The van der Waals surface area contributed by atoms with E-state index in [1.807, 2.05) is 20.8 Å². The highest BCUT2D eigenvalue weighted by Crippen LogP contribution is 2.38. The van der Waals surface area contributed by atoms with Gasteiger partial charge in [-0.3, -0.25) is 0 Å². The Labute approximate surface area is 134 Å². The van der Waals surface area contributed by atoms with Gasteiger partial charge in [-0.1, -0.05) is 32.9 Å². The number of halogens is 5. The standard InChI is InChI=1S/C16H13F5N2O/c1-16(2,3)7-5-4-6-8(15(7)24)22-23-14-12(20)10(18)9(17)11(19)13(14)21/h4-6,24H,1-3H3. The van der Waals surface area contributed by atoms with Crippen molar-refractivity contribution in [3.05, 3.63) is 52.8 Å². The van der Waals surface area contributed by atoms with Crippen molar-refractivity contribution in [1.82, 2.24) is 0 Å². The third kappa shape index (κ3) is 3.08. The molecule has 0 aliphatic heterocycles. The first-order valence-electron chi connectivity index (χ1n) is 6.81. The van der Waals surface area contributed by atoms with E-state index in [1.165, 1.54) is 12.1 Å². The molecule has 0 spiro atoms. The first kappa shape index (κ1) is 17.8. The zero-order valence-corrected chi connectivity index (χ0v) is 13.0. The number of benzene rings is 2. The van der Waals surface area contributed by atoms with Gasteiger partial charge in [-0.2, -0.15) is 0 Å². The molecule has 0 fully saturated rings. The van der Waals surface area contributed by atoms with E-state index < -0.39 is 40.2 Å². The summed E-state index contributed by atoms with van der Waals surface area (Å²) in [5.74, 6) is -11.0. The van der Waals surface area contributed by atoms with Crippen LogP contribution in [0.2, 0.25) is 0 Å². The molecule has 2 aromatic rings. The summed E-state index contributed by atoms with van der Waals surface area (Å²) in [6.45, 7) is 5.44. The fourth-order valence-electron chi connectivity index (χ4n) is 2.00. The monoisotopic (exact) mass is 344 g/mol. The minimum atomic E-state index is -2.28. The van der Waals surface area contributed by atoms with Gasteiger partial charge in [0.25, 0.3) is 0 Å². The van der Waals surface area contributed by atoms with Gasteiger partial charge in [0.05, 0.1) is 0 Å². The molecular formula is C16H13F5N2O. The predicted molar refractivity (Wildman–Crippen MR) is 77.2 cm³/mol. The van der Waals surface area contributed by atoms with Crippen LogP contribution in [0.4, 0.5) is 33.3 Å². The van der Waals surface area contributed by atoms with Crippen molar-refractivity contribution < 1.29 is 27.1 Å². The number of hydrogen-bond acceptors (Lipinski definition) is 3. The molecule has 0 radical (unpaired) electrons. The average molecular weight is 344 g/mol. The average Bonchev–Trinajstić information content (AvgIpc) is 2.51. The molecule has 0 heterocycles. The van der Waals surface area contributed by atoms with E-state index in [0.29, 0.717) is 5.56 Å². The van der Waals surface area contributed by atoms with Gasteiger partial charge in [-0.15, -0.1) is 10.2 Å². The number of rotatable bonds is 2. The maximum atomic E-state index is 13.5. The highest BCUT2D eigenvalue weighted by atomic mass is 19.2. The molecule has 0 atom stereocenters. The second-order valence-electron chi connectivity index (χ2n) is 6.04. The molecule has 0 aromatic heterocycles. The quantitative estimate of drug-likeness (QED) is 0.318. The summed E-state index contributed by atoms with van der Waals surface area (Å²) >= 11 is 0. The molecule has 0 aliphatic carbocycles. The van der Waals surface area contributed by atoms with E-state index in [1.54, 1.807) is 6.07 Å². The first-order valence-corrected chi connectivity index (χ1v) is 6.81. The van der Waals surface area contributed by atoms with Crippen molar-refractivity contribution in [2.75, 3.05) is 0 Å². The number of aromatic hydroxyl groups is 1. The lowest BCUT2D eigenvalue weighted by atomic mass is 9.86. The molecule has 3 nitrogen and oxygen atoms in total. The van der Waals surface area contributed by atoms with E-state index in [-0.39, 0.29) is 11.4 Å². The van der Waals surface area contributed by atoms with Crippen LogP contribution in [0.3, 0.4) is 0 Å². The Hall–Kier alpha value is -2.51. The summed E-state index contributed by atoms with van der Waals surface area (Å²) in [6.07, 6.45) is 0. The van der Waals surface area contributed by atoms with Crippen molar-refractivity contribution in [2.24, 2.45) is 10.2 Å². The summed E-state index contributed by atoms with van der Waals surface area (Å²) < 4.78 is 66.3. The van der Waals surface area contributed by atoms with Crippen LogP contribution in [0.5, 0.6) is 5.75 Å². The van der Waals surface area contributed by atoms with Crippen LogP contribution in [0.1, 0.15) is 26.3 Å². The molecule has 128 valence electrons. The topological polar surface area (TPSA) is 45.0 Å². The number of para-hydroxylation sites is 1. The maximum absolute atomic E-state index is 13.5. The molecule has 0 bridgehead atoms. The highest BCUT2D eigenvalue weighted by Gasteiger charge is 2.26. The molecule has 2 rings (SSSR count). The Kier molecular flexibility index (Phi) is 4.59. The molecule has 0 saturated heterocycles. The van der Waals surface area contributed by atoms with Crippen molar-refractivity contribution in [1.29, 1.82) is 0 Å². The van der Waals surface area contributed by atoms with E-state index in [2.05, 4.69) is 10.2 Å². The van der Waals surface area contributed by atoms with Crippen molar-refractivity contribution in [3.63, 3.8) is 0 Å². The van der Waals surface area contributed by atoms with E-state index in [4.69, 9.17) is 0 Å². The smallest absolute Gasteiger partial charge is 0.200 e. The van der Waals surface area contributed by atoms with Gasteiger partial charge in [0, 0.05) is 5.56 Å². The Morgan fingerprint density at radius 3 is 1.79 bits per heavy atom. The first-order chi connectivity index (χ1) is 11.1. The van der Waals surface area contributed by atoms with Crippen molar-refractivity contribution in [3.8, 4) is 5.75 Å². The Morgan fingerprint density at radius 1 is 0.792 bits per heavy atom. The third-order valence-electron chi connectivity index (χ3n) is 3.27. The lowest BCUT2D eigenvalue weighted by molar-refractivity contribution is 0.380. The van der Waals surface area contributed by atoms with E-state index in [9.17, 15) is 27.1 Å². The zero-order chi connectivity index (χ0) is 18.2. The van der Waals surface area contributed by atoms with Gasteiger partial charge in [0.15, 0.2) is 29.0 Å². The molecule has 0 saturated carbocycles. The van der Waals surface area contributed by atoms with Crippen LogP contribution in [0, 0.1) is 29.1 Å². The van der Waals surface area contributed by atoms with Crippen molar-refractivity contribution >= 4 is 11.4 Å². The van der Waals surface area contributed by atoms with Gasteiger partial charge >= 0.3 is 0 Å². The van der Waals surface area contributed by atoms with Gasteiger partial charge in [-0.05, 0) is 11.5 Å². The minimum absolute atomic E-state index is 0.161. The maximum Gasteiger partial charge on any atom is 0.200 e. The number of hydrogen-bond donors (Lipinski definition) is 1. The van der Waals surface area contributed by atoms with E-state index in [0.717, 1.165) is 0 Å². The van der Waals surface area contributed by atoms with Crippen molar-refractivity contribution in [2.45, 2.75) is 26.2 Å². The summed E-state index contributed by atoms with van der Waals surface area (Å²) in [5, 5.41) is 16.7. The number of nitrogens with zero attached hydrogens (tertiary/aromatic N) is 2. The van der Waals surface area contributed by atoms with Gasteiger partial charge < -0.3 is 5.11 Å². The Balaban J connectivity index is 2.55. The molecule has 24 heavy (non-hydrogen) atoms. The lowest BCUT2D eigenvalue weighted by Gasteiger charge is -2.20. The number of phenolic OH excluding ortho intramolecular Hbond substituents is 1. The van der Waals surface area contributed by atoms with Crippen LogP contribution in [-0.2, 0) is 5.41 Å². The Bertz CT molecular complexity index is 799. The SMILES string of the molecule is CC(C)(C)c1cccc(N=Nc2c(F)c(F)c(F)c(F)c2F)c1O. The second kappa shape index (κ2) is 6.18. The largest absolute Gasteiger partial charge is 0.505 e. The number of phenols is 1. The van der Waals surface area contributed by atoms with Crippen LogP contribution in [0.15, 0.2) is 28.4 Å². The molecule has 8 heteroatoms. The normalized spacial score (nSPS) is 12.2. The second-order valence-corrected chi connectivity index (χ2v) is 6.04. The van der Waals surface area contributed by atoms with Gasteiger partial charge in [0.2, 0.25) is 5.82 Å². The van der Waals surface area contributed by atoms with Crippen LogP contribution in [0.25, 0.3) is 0 Å². The fourth-order valence-corrected chi connectivity index (χ4v) is 2.00. The molecule has 1 N–H and O–H groups in total. The Morgan fingerprint density at radius 2 is 1.29 bits per heavy atom. The summed E-state index contributed by atoms with van der Waals surface area (Å²) in [6, 6.07) is 4.43. The molecule has 2 aromatic carbocycles. The van der Waals surface area contributed by atoms with Gasteiger partial charge in [-0.25, -0.2) is 22.0 Å². The molecular weight excluding hydrogens is 331 g/mol. The number of azo groups is 1. The lowest BCUT2D eigenvalue weighted by Crippen LogP contribution is -2.10.